The number of pyridine rings is 1. The van der Waals surface area contributed by atoms with Crippen molar-refractivity contribution in [1.29, 1.82) is 0 Å². The number of benzene rings is 1. The Morgan fingerprint density at radius 2 is 1.97 bits per heavy atom. The summed E-state index contributed by atoms with van der Waals surface area (Å²) in [6.45, 7) is 2.30. The zero-order valence-corrected chi connectivity index (χ0v) is 18.5. The van der Waals surface area contributed by atoms with Gasteiger partial charge in [0, 0.05) is 31.5 Å². The van der Waals surface area contributed by atoms with Gasteiger partial charge in [-0.25, -0.2) is 19.3 Å². The van der Waals surface area contributed by atoms with Crippen LogP contribution in [0.2, 0.25) is 0 Å². The summed E-state index contributed by atoms with van der Waals surface area (Å²) in [5.74, 6) is -0.00844. The Kier molecular flexibility index (Phi) is 6.58. The molecule has 170 valence electrons. The van der Waals surface area contributed by atoms with E-state index in [1.54, 1.807) is 49.3 Å². The maximum Gasteiger partial charge on any atom is 0.259 e. The Morgan fingerprint density at radius 1 is 1.15 bits per heavy atom. The molecule has 1 saturated heterocycles. The number of halogens is 1. The molecule has 4 rings (SSSR count). The van der Waals surface area contributed by atoms with Crippen molar-refractivity contribution < 1.29 is 14.0 Å². The van der Waals surface area contributed by atoms with Crippen LogP contribution in [-0.4, -0.2) is 45.3 Å². The van der Waals surface area contributed by atoms with Crippen molar-refractivity contribution >= 4 is 23.3 Å². The van der Waals surface area contributed by atoms with E-state index in [1.165, 1.54) is 18.3 Å². The number of carbonyl (C=O) groups excluding carboxylic acids is 2. The van der Waals surface area contributed by atoms with Crippen LogP contribution in [0.4, 0.5) is 15.9 Å². The van der Waals surface area contributed by atoms with Gasteiger partial charge in [0.1, 0.15) is 11.6 Å². The van der Waals surface area contributed by atoms with Crippen molar-refractivity contribution in [2.24, 2.45) is 0 Å². The molecule has 8 nitrogen and oxygen atoms in total. The maximum atomic E-state index is 13.9. The standard InChI is InChI=1S/C24H25FN6O2/c1-15-17(23(32)30-19-8-4-3-7-18(19)25)14-28-22(29-15)20-9-5-6-12-31(20)24(33)16-10-11-27-21(13-16)26-2/h3-4,7-8,10-11,13-14,20H,5-6,9,12H2,1-2H3,(H,26,27)(H,30,32)/t20-/m0/s1. The van der Waals surface area contributed by atoms with E-state index in [9.17, 15) is 14.0 Å². The quantitative estimate of drug-likeness (QED) is 0.612. The summed E-state index contributed by atoms with van der Waals surface area (Å²) in [6, 6.07) is 9.08. The van der Waals surface area contributed by atoms with Crippen LogP contribution in [0.1, 0.15) is 57.5 Å². The number of likely N-dealkylation sites (tertiary alicyclic amines) is 1. The molecule has 1 aliphatic rings. The van der Waals surface area contributed by atoms with Gasteiger partial charge in [0.05, 0.1) is 23.0 Å². The topological polar surface area (TPSA) is 100 Å². The fourth-order valence-corrected chi connectivity index (χ4v) is 3.93. The zero-order chi connectivity index (χ0) is 23.4. The van der Waals surface area contributed by atoms with Gasteiger partial charge in [-0.2, -0.15) is 0 Å². The van der Waals surface area contributed by atoms with Crippen LogP contribution >= 0.6 is 0 Å². The summed E-state index contributed by atoms with van der Waals surface area (Å²) in [5, 5.41) is 5.50. The fraction of sp³-hybridized carbons (Fsp3) is 0.292. The largest absolute Gasteiger partial charge is 0.373 e. The van der Waals surface area contributed by atoms with E-state index in [0.717, 1.165) is 19.3 Å². The van der Waals surface area contributed by atoms with Crippen LogP contribution in [0.5, 0.6) is 0 Å². The summed E-state index contributed by atoms with van der Waals surface area (Å²) < 4.78 is 13.9. The number of anilines is 2. The van der Waals surface area contributed by atoms with Gasteiger partial charge in [-0.1, -0.05) is 12.1 Å². The number of nitrogens with one attached hydrogen (secondary N) is 2. The predicted octanol–water partition coefficient (Wildman–Crippen LogP) is 3.98. The molecule has 0 aliphatic carbocycles. The molecule has 0 radical (unpaired) electrons. The van der Waals surface area contributed by atoms with Gasteiger partial charge in [0.2, 0.25) is 0 Å². The second kappa shape index (κ2) is 9.72. The molecule has 1 fully saturated rings. The number of carbonyl (C=O) groups is 2. The number of aromatic nitrogens is 3. The van der Waals surface area contributed by atoms with Crippen molar-refractivity contribution in [1.82, 2.24) is 19.9 Å². The number of rotatable bonds is 5. The molecule has 2 N–H and O–H groups in total. The van der Waals surface area contributed by atoms with Crippen LogP contribution in [0, 0.1) is 12.7 Å². The zero-order valence-electron chi connectivity index (χ0n) is 18.5. The highest BCUT2D eigenvalue weighted by Crippen LogP contribution is 2.31. The maximum absolute atomic E-state index is 13.9. The second-order valence-electron chi connectivity index (χ2n) is 7.85. The van der Waals surface area contributed by atoms with Crippen molar-refractivity contribution in [2.75, 3.05) is 24.2 Å². The molecule has 2 aromatic heterocycles. The Hall–Kier alpha value is -3.88. The van der Waals surface area contributed by atoms with E-state index in [0.29, 0.717) is 29.4 Å². The summed E-state index contributed by atoms with van der Waals surface area (Å²) in [7, 11) is 1.75. The molecular formula is C24H25FN6O2. The SMILES string of the molecule is CNc1cc(C(=O)N2CCCC[C@H]2c2ncc(C(=O)Nc3ccccc3F)c(C)n2)ccn1. The van der Waals surface area contributed by atoms with Crippen LogP contribution < -0.4 is 10.6 Å². The lowest BCUT2D eigenvalue weighted by Gasteiger charge is -2.35. The molecule has 3 aromatic rings. The number of para-hydroxylation sites is 1. The van der Waals surface area contributed by atoms with Crippen molar-refractivity contribution in [3.63, 3.8) is 0 Å². The lowest BCUT2D eigenvalue weighted by atomic mass is 9.99. The average Bonchev–Trinajstić information content (AvgIpc) is 2.85. The Balaban J connectivity index is 1.57. The van der Waals surface area contributed by atoms with Crippen LogP contribution in [0.25, 0.3) is 0 Å². The van der Waals surface area contributed by atoms with Crippen molar-refractivity contribution in [3.05, 3.63) is 77.3 Å². The molecule has 3 heterocycles. The molecule has 1 atom stereocenters. The van der Waals surface area contributed by atoms with E-state index >= 15 is 0 Å². The highest BCUT2D eigenvalue weighted by Gasteiger charge is 2.31. The van der Waals surface area contributed by atoms with Gasteiger partial charge in [-0.15, -0.1) is 0 Å². The smallest absolute Gasteiger partial charge is 0.259 e. The second-order valence-corrected chi connectivity index (χ2v) is 7.85. The number of hydrogen-bond acceptors (Lipinski definition) is 6. The lowest BCUT2D eigenvalue weighted by Crippen LogP contribution is -2.39. The van der Waals surface area contributed by atoms with Crippen LogP contribution in [-0.2, 0) is 0 Å². The summed E-state index contributed by atoms with van der Waals surface area (Å²) in [6.07, 6.45) is 5.62. The minimum atomic E-state index is -0.519. The van der Waals surface area contributed by atoms with Gasteiger partial charge in [0.25, 0.3) is 11.8 Å². The van der Waals surface area contributed by atoms with Crippen LogP contribution in [0.3, 0.4) is 0 Å². The van der Waals surface area contributed by atoms with E-state index in [2.05, 4.69) is 25.6 Å². The third kappa shape index (κ3) is 4.82. The minimum Gasteiger partial charge on any atom is -0.373 e. The first-order valence-electron chi connectivity index (χ1n) is 10.8. The molecule has 0 bridgehead atoms. The summed E-state index contributed by atoms with van der Waals surface area (Å²) in [5.41, 5.74) is 1.35. The van der Waals surface area contributed by atoms with Gasteiger partial charge in [0.15, 0.2) is 5.82 Å². The first-order valence-corrected chi connectivity index (χ1v) is 10.8. The molecule has 0 spiro atoms. The number of amides is 2. The molecule has 1 aliphatic heterocycles. The first-order chi connectivity index (χ1) is 16.0. The normalized spacial score (nSPS) is 15.7. The molecular weight excluding hydrogens is 423 g/mol. The lowest BCUT2D eigenvalue weighted by molar-refractivity contribution is 0.0599. The minimum absolute atomic E-state index is 0.0910. The van der Waals surface area contributed by atoms with Gasteiger partial charge in [-0.3, -0.25) is 9.59 Å². The third-order valence-electron chi connectivity index (χ3n) is 5.69. The fourth-order valence-electron chi connectivity index (χ4n) is 3.93. The first kappa shape index (κ1) is 22.3. The average molecular weight is 449 g/mol. The molecule has 1 aromatic carbocycles. The highest BCUT2D eigenvalue weighted by atomic mass is 19.1. The van der Waals surface area contributed by atoms with Crippen LogP contribution in [0.15, 0.2) is 48.8 Å². The number of nitrogens with zero attached hydrogens (tertiary/aromatic N) is 4. The molecule has 0 unspecified atom stereocenters. The van der Waals surface area contributed by atoms with Gasteiger partial charge >= 0.3 is 0 Å². The summed E-state index contributed by atoms with van der Waals surface area (Å²) >= 11 is 0. The van der Waals surface area contributed by atoms with Crippen molar-refractivity contribution in [3.8, 4) is 0 Å². The van der Waals surface area contributed by atoms with E-state index in [-0.39, 0.29) is 23.2 Å². The Labute approximate surface area is 191 Å². The predicted molar refractivity (Wildman–Crippen MR) is 123 cm³/mol. The Morgan fingerprint density at radius 3 is 2.73 bits per heavy atom. The highest BCUT2D eigenvalue weighted by molar-refractivity contribution is 6.04. The van der Waals surface area contributed by atoms with Crippen molar-refractivity contribution in [2.45, 2.75) is 32.2 Å². The monoisotopic (exact) mass is 448 g/mol. The van der Waals surface area contributed by atoms with E-state index in [4.69, 9.17) is 0 Å². The number of aryl methyl sites for hydroxylation is 1. The molecule has 9 heteroatoms. The van der Waals surface area contributed by atoms with Gasteiger partial charge in [-0.05, 0) is 50.5 Å². The molecule has 33 heavy (non-hydrogen) atoms. The van der Waals surface area contributed by atoms with E-state index in [1.807, 2.05) is 0 Å². The molecule has 2 amide bonds. The molecule has 0 saturated carbocycles. The third-order valence-corrected chi connectivity index (χ3v) is 5.69. The number of hydrogen-bond donors (Lipinski definition) is 2. The Bertz CT molecular complexity index is 1190. The number of piperidine rings is 1. The summed E-state index contributed by atoms with van der Waals surface area (Å²) in [4.78, 5) is 40.9. The van der Waals surface area contributed by atoms with Gasteiger partial charge < -0.3 is 15.5 Å². The van der Waals surface area contributed by atoms with E-state index < -0.39 is 11.7 Å².